The van der Waals surface area contributed by atoms with E-state index in [0.717, 1.165) is 16.7 Å². The number of nitrogens with one attached hydrogen (secondary N) is 3. The highest BCUT2D eigenvalue weighted by atomic mass is 32.1. The van der Waals surface area contributed by atoms with Crippen LogP contribution in [0.3, 0.4) is 0 Å². The molecule has 108 valence electrons. The number of aryl methyl sites for hydroxylation is 1. The van der Waals surface area contributed by atoms with E-state index in [1.165, 1.54) is 25.7 Å². The van der Waals surface area contributed by atoms with Crippen molar-refractivity contribution >= 4 is 34.6 Å². The minimum atomic E-state index is -0.147. The van der Waals surface area contributed by atoms with E-state index in [0.29, 0.717) is 16.7 Å². The summed E-state index contributed by atoms with van der Waals surface area (Å²) in [7, 11) is 0. The second kappa shape index (κ2) is 5.69. The molecule has 20 heavy (non-hydrogen) atoms. The Balaban J connectivity index is 1.44. The average Bonchev–Trinajstić information content (AvgIpc) is 3.12. The van der Waals surface area contributed by atoms with E-state index < -0.39 is 0 Å². The number of hydrogen-bond donors (Lipinski definition) is 3. The number of thiocarbonyl (C=S) groups is 1. The molecule has 3 atom stereocenters. The van der Waals surface area contributed by atoms with Crippen molar-refractivity contribution in [3.05, 3.63) is 21.9 Å². The number of carbonyl (C=O) groups is 1. The topological polar surface area (TPSA) is 53.2 Å². The number of hydrazine groups is 1. The van der Waals surface area contributed by atoms with Crippen molar-refractivity contribution in [1.29, 1.82) is 0 Å². The smallest absolute Gasteiger partial charge is 0.270 e. The van der Waals surface area contributed by atoms with E-state index in [9.17, 15) is 4.79 Å². The van der Waals surface area contributed by atoms with Crippen LogP contribution in [-0.2, 0) is 0 Å². The molecule has 2 aliphatic carbocycles. The van der Waals surface area contributed by atoms with Gasteiger partial charge in [0.05, 0.1) is 5.56 Å². The Hall–Kier alpha value is -1.14. The Morgan fingerprint density at radius 2 is 2.20 bits per heavy atom. The van der Waals surface area contributed by atoms with Crippen LogP contribution in [0.5, 0.6) is 0 Å². The van der Waals surface area contributed by atoms with Crippen LogP contribution in [0, 0.1) is 18.8 Å². The van der Waals surface area contributed by atoms with Crippen molar-refractivity contribution in [1.82, 2.24) is 16.2 Å². The maximum atomic E-state index is 11.9. The van der Waals surface area contributed by atoms with Crippen molar-refractivity contribution in [2.45, 2.75) is 38.6 Å². The van der Waals surface area contributed by atoms with Gasteiger partial charge in [0.1, 0.15) is 0 Å². The molecule has 1 heterocycles. The van der Waals surface area contributed by atoms with Crippen molar-refractivity contribution in [3.63, 3.8) is 0 Å². The number of hydrogen-bond acceptors (Lipinski definition) is 3. The summed E-state index contributed by atoms with van der Waals surface area (Å²) >= 11 is 6.81. The standard InChI is InChI=1S/C14H19N3OS2/c1-8-4-11(7-20-8)13(18)16-17-14(19)15-12-6-9-2-3-10(12)5-9/h4,7,9-10,12H,2-3,5-6H2,1H3,(H,16,18)(H2,15,17,19). The van der Waals surface area contributed by atoms with E-state index in [1.807, 2.05) is 18.4 Å². The lowest BCUT2D eigenvalue weighted by molar-refractivity contribution is 0.0944. The van der Waals surface area contributed by atoms with Crippen LogP contribution >= 0.6 is 23.6 Å². The minimum Gasteiger partial charge on any atom is -0.358 e. The van der Waals surface area contributed by atoms with Gasteiger partial charge in [-0.25, -0.2) is 0 Å². The minimum absolute atomic E-state index is 0.147. The van der Waals surface area contributed by atoms with Gasteiger partial charge < -0.3 is 5.32 Å². The lowest BCUT2D eigenvalue weighted by atomic mass is 9.96. The molecule has 6 heteroatoms. The number of rotatable bonds is 2. The van der Waals surface area contributed by atoms with Gasteiger partial charge in [-0.1, -0.05) is 6.42 Å². The Labute approximate surface area is 128 Å². The third-order valence-electron chi connectivity index (χ3n) is 4.34. The first-order valence-corrected chi connectivity index (χ1v) is 8.32. The molecule has 0 aliphatic heterocycles. The molecule has 2 bridgehead atoms. The van der Waals surface area contributed by atoms with Crippen LogP contribution in [0.15, 0.2) is 11.4 Å². The third kappa shape index (κ3) is 2.96. The fourth-order valence-corrected chi connectivity index (χ4v) is 4.26. The summed E-state index contributed by atoms with van der Waals surface area (Å²) in [6, 6.07) is 2.35. The van der Waals surface area contributed by atoms with Crippen LogP contribution in [0.25, 0.3) is 0 Å². The second-order valence-electron chi connectivity index (χ2n) is 5.78. The van der Waals surface area contributed by atoms with Gasteiger partial charge in [0.25, 0.3) is 5.91 Å². The largest absolute Gasteiger partial charge is 0.358 e. The molecule has 0 aromatic carbocycles. The molecule has 3 rings (SSSR count). The molecule has 1 aromatic heterocycles. The molecule has 0 saturated heterocycles. The van der Waals surface area contributed by atoms with Gasteiger partial charge in [-0.15, -0.1) is 11.3 Å². The Kier molecular flexibility index (Phi) is 3.94. The zero-order valence-electron chi connectivity index (χ0n) is 11.4. The van der Waals surface area contributed by atoms with E-state index in [2.05, 4.69) is 16.2 Å². The van der Waals surface area contributed by atoms with Crippen molar-refractivity contribution in [2.75, 3.05) is 0 Å². The van der Waals surface area contributed by atoms with Gasteiger partial charge in [0, 0.05) is 16.3 Å². The fraction of sp³-hybridized carbons (Fsp3) is 0.571. The summed E-state index contributed by atoms with van der Waals surface area (Å²) in [6.07, 6.45) is 5.23. The molecular weight excluding hydrogens is 290 g/mol. The number of amides is 1. The van der Waals surface area contributed by atoms with Crippen molar-refractivity contribution in [2.24, 2.45) is 11.8 Å². The Morgan fingerprint density at radius 3 is 2.80 bits per heavy atom. The Bertz CT molecular complexity index is 528. The monoisotopic (exact) mass is 309 g/mol. The Morgan fingerprint density at radius 1 is 1.35 bits per heavy atom. The highest BCUT2D eigenvalue weighted by molar-refractivity contribution is 7.80. The molecule has 0 spiro atoms. The van der Waals surface area contributed by atoms with Gasteiger partial charge in [-0.2, -0.15) is 0 Å². The highest BCUT2D eigenvalue weighted by Crippen LogP contribution is 2.44. The van der Waals surface area contributed by atoms with Crippen LogP contribution in [0.2, 0.25) is 0 Å². The van der Waals surface area contributed by atoms with E-state index in [1.54, 1.807) is 11.3 Å². The molecule has 3 N–H and O–H groups in total. The molecule has 2 fully saturated rings. The molecular formula is C14H19N3OS2. The van der Waals surface area contributed by atoms with Gasteiger partial charge in [-0.05, 0) is 56.3 Å². The lowest BCUT2D eigenvalue weighted by Crippen LogP contribution is -2.50. The first-order chi connectivity index (χ1) is 9.61. The molecule has 2 aliphatic rings. The van der Waals surface area contributed by atoms with Gasteiger partial charge >= 0.3 is 0 Å². The SMILES string of the molecule is Cc1cc(C(=O)NNC(=S)NC2CC3CCC2C3)cs1. The molecule has 1 aromatic rings. The summed E-state index contributed by atoms with van der Waals surface area (Å²) in [5, 5.41) is 5.69. The van der Waals surface area contributed by atoms with Crippen LogP contribution in [0.4, 0.5) is 0 Å². The molecule has 4 nitrogen and oxygen atoms in total. The summed E-state index contributed by atoms with van der Waals surface area (Å²) < 4.78 is 0. The number of fused-ring (bicyclic) bond motifs is 2. The van der Waals surface area contributed by atoms with E-state index >= 15 is 0 Å². The third-order valence-corrected chi connectivity index (χ3v) is 5.42. The molecule has 1 amide bonds. The number of carbonyl (C=O) groups excluding carboxylic acids is 1. The summed E-state index contributed by atoms with van der Waals surface area (Å²) in [4.78, 5) is 13.0. The predicted molar refractivity (Wildman–Crippen MR) is 84.6 cm³/mol. The summed E-state index contributed by atoms with van der Waals surface area (Å²) in [6.45, 7) is 1.98. The zero-order chi connectivity index (χ0) is 14.1. The van der Waals surface area contributed by atoms with Gasteiger partial charge in [-0.3, -0.25) is 15.6 Å². The maximum Gasteiger partial charge on any atom is 0.270 e. The molecule has 3 unspecified atom stereocenters. The van der Waals surface area contributed by atoms with Crippen molar-refractivity contribution in [3.8, 4) is 0 Å². The first-order valence-electron chi connectivity index (χ1n) is 7.04. The maximum absolute atomic E-state index is 11.9. The summed E-state index contributed by atoms with van der Waals surface area (Å²) in [5.74, 6) is 1.49. The first kappa shape index (κ1) is 13.8. The summed E-state index contributed by atoms with van der Waals surface area (Å²) in [5.41, 5.74) is 6.12. The molecule has 0 radical (unpaired) electrons. The zero-order valence-corrected chi connectivity index (χ0v) is 13.1. The molecule has 2 saturated carbocycles. The van der Waals surface area contributed by atoms with Gasteiger partial charge in [0.15, 0.2) is 5.11 Å². The van der Waals surface area contributed by atoms with Crippen molar-refractivity contribution < 1.29 is 4.79 Å². The second-order valence-corrected chi connectivity index (χ2v) is 7.30. The van der Waals surface area contributed by atoms with E-state index in [4.69, 9.17) is 12.2 Å². The van der Waals surface area contributed by atoms with E-state index in [-0.39, 0.29) is 5.91 Å². The van der Waals surface area contributed by atoms with Crippen LogP contribution in [0.1, 0.15) is 40.9 Å². The van der Waals surface area contributed by atoms with Crippen LogP contribution in [-0.4, -0.2) is 17.1 Å². The highest BCUT2D eigenvalue weighted by Gasteiger charge is 2.39. The fourth-order valence-electron chi connectivity index (χ4n) is 3.37. The predicted octanol–water partition coefficient (Wildman–Crippen LogP) is 2.35. The quantitative estimate of drug-likeness (QED) is 0.580. The van der Waals surface area contributed by atoms with Gasteiger partial charge in [0.2, 0.25) is 0 Å². The lowest BCUT2D eigenvalue weighted by Gasteiger charge is -2.24. The number of thiophene rings is 1. The van der Waals surface area contributed by atoms with Crippen LogP contribution < -0.4 is 16.2 Å². The normalized spacial score (nSPS) is 27.4. The average molecular weight is 309 g/mol.